The van der Waals surface area contributed by atoms with Crippen molar-refractivity contribution in [1.82, 2.24) is 4.90 Å². The van der Waals surface area contributed by atoms with Crippen LogP contribution in [0.15, 0.2) is 24.3 Å². The van der Waals surface area contributed by atoms with Crippen LogP contribution in [0.2, 0.25) is 0 Å². The maximum absolute atomic E-state index is 12.0. The second kappa shape index (κ2) is 6.18. The van der Waals surface area contributed by atoms with E-state index >= 15 is 0 Å². The molecule has 0 bridgehead atoms. The van der Waals surface area contributed by atoms with E-state index in [4.69, 9.17) is 4.74 Å². The summed E-state index contributed by atoms with van der Waals surface area (Å²) in [7, 11) is 2.14. The van der Waals surface area contributed by atoms with Crippen molar-refractivity contribution in [3.8, 4) is 0 Å². The molecule has 1 fully saturated rings. The molecule has 1 saturated heterocycles. The number of ether oxygens (including phenoxy) is 1. The maximum atomic E-state index is 12.0. The molecule has 3 heteroatoms. The van der Waals surface area contributed by atoms with E-state index in [1.54, 1.807) is 0 Å². The molecule has 1 heterocycles. The van der Waals surface area contributed by atoms with Crippen LogP contribution in [0.1, 0.15) is 44.7 Å². The van der Waals surface area contributed by atoms with E-state index in [9.17, 15) is 4.79 Å². The molecule has 1 aliphatic heterocycles. The minimum atomic E-state index is -0.495. The minimum absolute atomic E-state index is 0.111. The number of carbonyl (C=O) groups is 1. The van der Waals surface area contributed by atoms with Gasteiger partial charge < -0.3 is 9.64 Å². The SMILES string of the molecule is CCC(=O)O[C@@]1(c2cccc(C)c2)C[C@@H](C)N(C)C[C@@H]1C. The Balaban J connectivity index is 2.46. The van der Waals surface area contributed by atoms with Gasteiger partial charge in [0.1, 0.15) is 5.60 Å². The van der Waals surface area contributed by atoms with Gasteiger partial charge >= 0.3 is 5.97 Å². The van der Waals surface area contributed by atoms with Crippen LogP contribution in [-0.4, -0.2) is 30.5 Å². The van der Waals surface area contributed by atoms with E-state index in [0.717, 1.165) is 18.5 Å². The van der Waals surface area contributed by atoms with Crippen LogP contribution in [0, 0.1) is 12.8 Å². The second-order valence-electron chi connectivity index (χ2n) is 6.48. The number of nitrogens with zero attached hydrogens (tertiary/aromatic N) is 1. The highest BCUT2D eigenvalue weighted by atomic mass is 16.6. The van der Waals surface area contributed by atoms with Gasteiger partial charge in [0.05, 0.1) is 0 Å². The van der Waals surface area contributed by atoms with Crippen molar-refractivity contribution in [3.05, 3.63) is 35.4 Å². The van der Waals surface area contributed by atoms with E-state index < -0.39 is 5.60 Å². The molecule has 0 aromatic heterocycles. The van der Waals surface area contributed by atoms with Crippen molar-refractivity contribution < 1.29 is 9.53 Å². The highest BCUT2D eigenvalue weighted by Crippen LogP contribution is 2.43. The lowest BCUT2D eigenvalue weighted by molar-refractivity contribution is -0.177. The lowest BCUT2D eigenvalue weighted by atomic mass is 9.74. The average molecular weight is 289 g/mol. The Morgan fingerprint density at radius 2 is 2.14 bits per heavy atom. The monoisotopic (exact) mass is 289 g/mol. The molecule has 0 N–H and O–H groups in total. The number of hydrogen-bond acceptors (Lipinski definition) is 3. The Morgan fingerprint density at radius 1 is 1.43 bits per heavy atom. The molecule has 0 spiro atoms. The third-order valence-electron chi connectivity index (χ3n) is 4.80. The van der Waals surface area contributed by atoms with Gasteiger partial charge in [0.25, 0.3) is 0 Å². The quantitative estimate of drug-likeness (QED) is 0.798. The van der Waals surface area contributed by atoms with Crippen molar-refractivity contribution in [2.45, 2.75) is 52.2 Å². The summed E-state index contributed by atoms with van der Waals surface area (Å²) in [4.78, 5) is 14.4. The van der Waals surface area contributed by atoms with Crippen LogP contribution in [0.3, 0.4) is 0 Å². The number of carbonyl (C=O) groups excluding carboxylic acids is 1. The number of aryl methyl sites for hydroxylation is 1. The van der Waals surface area contributed by atoms with Crippen LogP contribution in [0.4, 0.5) is 0 Å². The van der Waals surface area contributed by atoms with Gasteiger partial charge in [0.2, 0.25) is 0 Å². The Hall–Kier alpha value is -1.35. The van der Waals surface area contributed by atoms with E-state index in [-0.39, 0.29) is 11.9 Å². The van der Waals surface area contributed by atoms with Gasteiger partial charge in [0.15, 0.2) is 0 Å². The minimum Gasteiger partial charge on any atom is -0.454 e. The predicted molar refractivity (Wildman–Crippen MR) is 85.1 cm³/mol. The van der Waals surface area contributed by atoms with Crippen molar-refractivity contribution in [2.75, 3.05) is 13.6 Å². The van der Waals surface area contributed by atoms with Gasteiger partial charge in [-0.15, -0.1) is 0 Å². The number of rotatable bonds is 3. The third-order valence-corrected chi connectivity index (χ3v) is 4.80. The summed E-state index contributed by atoms with van der Waals surface area (Å²) in [6, 6.07) is 8.80. The van der Waals surface area contributed by atoms with Crippen molar-refractivity contribution >= 4 is 5.97 Å². The Labute approximate surface area is 128 Å². The lowest BCUT2D eigenvalue weighted by Crippen LogP contribution is -2.53. The van der Waals surface area contributed by atoms with E-state index in [0.29, 0.717) is 12.5 Å². The lowest BCUT2D eigenvalue weighted by Gasteiger charge is -2.48. The van der Waals surface area contributed by atoms with Crippen molar-refractivity contribution in [3.63, 3.8) is 0 Å². The summed E-state index contributed by atoms with van der Waals surface area (Å²) in [6.07, 6.45) is 1.27. The molecule has 21 heavy (non-hydrogen) atoms. The van der Waals surface area contributed by atoms with E-state index in [1.165, 1.54) is 5.56 Å². The molecule has 116 valence electrons. The first-order valence-corrected chi connectivity index (χ1v) is 7.88. The Morgan fingerprint density at radius 3 is 2.76 bits per heavy atom. The molecule has 0 unspecified atom stereocenters. The van der Waals surface area contributed by atoms with Crippen molar-refractivity contribution in [2.24, 2.45) is 5.92 Å². The van der Waals surface area contributed by atoms with Gasteiger partial charge in [0, 0.05) is 31.3 Å². The standard InChI is InChI=1S/C18H27NO2/c1-6-17(20)21-18(16-9-7-8-13(2)10-16)11-15(4)19(5)12-14(18)3/h7-10,14-15H,6,11-12H2,1-5H3/t14-,15+,18-/m0/s1. The number of piperidine rings is 1. The molecule has 2 rings (SSSR count). The van der Waals surface area contributed by atoms with E-state index in [1.807, 2.05) is 6.92 Å². The zero-order valence-corrected chi connectivity index (χ0v) is 13.8. The second-order valence-corrected chi connectivity index (χ2v) is 6.48. The number of benzene rings is 1. The molecule has 0 saturated carbocycles. The molecule has 3 atom stereocenters. The zero-order chi connectivity index (χ0) is 15.6. The van der Waals surface area contributed by atoms with Gasteiger partial charge in [-0.2, -0.15) is 0 Å². The van der Waals surface area contributed by atoms with Gasteiger partial charge in [-0.3, -0.25) is 4.79 Å². The van der Waals surface area contributed by atoms with Crippen LogP contribution in [-0.2, 0) is 15.1 Å². The molecule has 3 nitrogen and oxygen atoms in total. The van der Waals surface area contributed by atoms with Gasteiger partial charge in [-0.25, -0.2) is 0 Å². The maximum Gasteiger partial charge on any atom is 0.306 e. The molecule has 1 aromatic carbocycles. The molecule has 0 radical (unpaired) electrons. The summed E-state index contributed by atoms with van der Waals surface area (Å²) in [6.45, 7) is 9.27. The fraction of sp³-hybridized carbons (Fsp3) is 0.611. The van der Waals surface area contributed by atoms with Gasteiger partial charge in [-0.1, -0.05) is 43.7 Å². The first-order chi connectivity index (χ1) is 9.89. The average Bonchev–Trinajstić information content (AvgIpc) is 2.44. The van der Waals surface area contributed by atoms with Crippen LogP contribution in [0.5, 0.6) is 0 Å². The topological polar surface area (TPSA) is 29.5 Å². The van der Waals surface area contributed by atoms with Crippen LogP contribution in [0.25, 0.3) is 0 Å². The number of hydrogen-bond donors (Lipinski definition) is 0. The first-order valence-electron chi connectivity index (χ1n) is 7.88. The summed E-state index contributed by atoms with van der Waals surface area (Å²) in [5.41, 5.74) is 1.85. The van der Waals surface area contributed by atoms with Gasteiger partial charge in [-0.05, 0) is 26.5 Å². The highest BCUT2D eigenvalue weighted by Gasteiger charge is 2.47. The molecular formula is C18H27NO2. The fourth-order valence-corrected chi connectivity index (χ4v) is 3.34. The third kappa shape index (κ3) is 3.13. The Bertz CT molecular complexity index is 514. The summed E-state index contributed by atoms with van der Waals surface area (Å²) in [5.74, 6) is 0.163. The molecule has 0 amide bonds. The number of esters is 1. The fourth-order valence-electron chi connectivity index (χ4n) is 3.34. The van der Waals surface area contributed by atoms with Crippen LogP contribution >= 0.6 is 0 Å². The predicted octanol–water partition coefficient (Wildman–Crippen LogP) is 3.50. The summed E-state index contributed by atoms with van der Waals surface area (Å²) < 4.78 is 6.03. The summed E-state index contributed by atoms with van der Waals surface area (Å²) in [5, 5.41) is 0. The summed E-state index contributed by atoms with van der Waals surface area (Å²) >= 11 is 0. The number of likely N-dealkylation sites (tertiary alicyclic amines) is 1. The largest absolute Gasteiger partial charge is 0.454 e. The zero-order valence-electron chi connectivity index (χ0n) is 13.8. The normalized spacial score (nSPS) is 30.1. The molecular weight excluding hydrogens is 262 g/mol. The molecule has 0 aliphatic carbocycles. The first kappa shape index (κ1) is 16.0. The van der Waals surface area contributed by atoms with Crippen molar-refractivity contribution in [1.29, 1.82) is 0 Å². The van der Waals surface area contributed by atoms with E-state index in [2.05, 4.69) is 57.0 Å². The smallest absolute Gasteiger partial charge is 0.306 e. The Kier molecular flexibility index (Phi) is 4.72. The highest BCUT2D eigenvalue weighted by molar-refractivity contribution is 5.69. The van der Waals surface area contributed by atoms with Crippen LogP contribution < -0.4 is 0 Å². The molecule has 1 aliphatic rings. The molecule has 1 aromatic rings.